The molecule has 0 bridgehead atoms. The molecular weight excluding hydrogens is 420 g/mol. The van der Waals surface area contributed by atoms with E-state index in [0.29, 0.717) is 30.3 Å². The smallest absolute Gasteiger partial charge is 0.268 e. The SMILES string of the molecule is CCC1Oc2ccc(-c3nc(C)sc3C)cc2N(CCOc2ccc(Cl)cc2)C1=O. The monoisotopic (exact) mass is 442 g/mol. The van der Waals surface area contributed by atoms with Crippen molar-refractivity contribution in [1.29, 1.82) is 0 Å². The van der Waals surface area contributed by atoms with Crippen LogP contribution in [0.2, 0.25) is 5.02 Å². The van der Waals surface area contributed by atoms with Gasteiger partial charge in [-0.15, -0.1) is 11.3 Å². The van der Waals surface area contributed by atoms with Crippen molar-refractivity contribution >= 4 is 34.5 Å². The van der Waals surface area contributed by atoms with Crippen molar-refractivity contribution in [2.75, 3.05) is 18.1 Å². The minimum absolute atomic E-state index is 0.0481. The average molecular weight is 443 g/mol. The number of aromatic nitrogens is 1. The summed E-state index contributed by atoms with van der Waals surface area (Å²) in [5.41, 5.74) is 2.68. The second-order valence-corrected chi connectivity index (χ2v) is 8.97. The summed E-state index contributed by atoms with van der Waals surface area (Å²) in [5, 5.41) is 1.68. The molecule has 1 atom stereocenters. The number of anilines is 1. The first kappa shape index (κ1) is 20.7. The first-order chi connectivity index (χ1) is 14.5. The van der Waals surface area contributed by atoms with E-state index in [0.717, 1.165) is 32.6 Å². The highest BCUT2D eigenvalue weighted by atomic mass is 35.5. The van der Waals surface area contributed by atoms with E-state index < -0.39 is 6.10 Å². The van der Waals surface area contributed by atoms with Crippen molar-refractivity contribution in [3.8, 4) is 22.8 Å². The standard InChI is InChI=1S/C23H23ClN2O3S/c1-4-20-23(27)26(11-12-28-18-8-6-17(24)7-9-18)19-13-16(5-10-21(19)29-20)22-14(2)30-15(3)25-22/h5-10,13,20H,4,11-12H2,1-3H3. The molecule has 1 unspecified atom stereocenters. The molecular formula is C23H23ClN2O3S. The molecule has 3 aromatic rings. The molecule has 1 aliphatic rings. The van der Waals surface area contributed by atoms with Crippen LogP contribution in [-0.4, -0.2) is 30.1 Å². The topological polar surface area (TPSA) is 51.7 Å². The molecule has 0 aliphatic carbocycles. The summed E-state index contributed by atoms with van der Waals surface area (Å²) in [4.78, 5) is 20.6. The highest BCUT2D eigenvalue weighted by Gasteiger charge is 2.33. The van der Waals surface area contributed by atoms with Crippen LogP contribution in [0.3, 0.4) is 0 Å². The lowest BCUT2D eigenvalue weighted by Gasteiger charge is -2.34. The molecule has 0 saturated heterocycles. The highest BCUT2D eigenvalue weighted by Crippen LogP contribution is 2.39. The van der Waals surface area contributed by atoms with Gasteiger partial charge in [0, 0.05) is 15.5 Å². The highest BCUT2D eigenvalue weighted by molar-refractivity contribution is 7.11. The Hall–Kier alpha value is -2.57. The number of ether oxygens (including phenoxy) is 2. The number of fused-ring (bicyclic) bond motifs is 1. The fourth-order valence-electron chi connectivity index (χ4n) is 3.54. The lowest BCUT2D eigenvalue weighted by atomic mass is 10.1. The van der Waals surface area contributed by atoms with Gasteiger partial charge in [-0.1, -0.05) is 18.5 Å². The Bertz CT molecular complexity index is 1060. The van der Waals surface area contributed by atoms with E-state index in [9.17, 15) is 4.79 Å². The Morgan fingerprint density at radius 3 is 2.63 bits per heavy atom. The van der Waals surface area contributed by atoms with Crippen molar-refractivity contribution in [2.24, 2.45) is 0 Å². The third-order valence-electron chi connectivity index (χ3n) is 5.01. The van der Waals surface area contributed by atoms with Gasteiger partial charge in [0.1, 0.15) is 18.1 Å². The summed E-state index contributed by atoms with van der Waals surface area (Å²) in [6, 6.07) is 13.1. The number of hydrogen-bond donors (Lipinski definition) is 0. The fraction of sp³-hybridized carbons (Fsp3) is 0.304. The third kappa shape index (κ3) is 4.16. The van der Waals surface area contributed by atoms with Crippen molar-refractivity contribution in [3.63, 3.8) is 0 Å². The number of amides is 1. The van der Waals surface area contributed by atoms with Crippen molar-refractivity contribution in [3.05, 3.63) is 57.4 Å². The lowest BCUT2D eigenvalue weighted by Crippen LogP contribution is -2.47. The van der Waals surface area contributed by atoms with E-state index in [2.05, 4.69) is 11.9 Å². The molecule has 30 heavy (non-hydrogen) atoms. The van der Waals surface area contributed by atoms with E-state index in [4.69, 9.17) is 21.1 Å². The van der Waals surface area contributed by atoms with E-state index >= 15 is 0 Å². The number of nitrogens with zero attached hydrogens (tertiary/aromatic N) is 2. The van der Waals surface area contributed by atoms with Gasteiger partial charge in [-0.05, 0) is 62.7 Å². The summed E-state index contributed by atoms with van der Waals surface area (Å²) in [6.45, 7) is 6.80. The Morgan fingerprint density at radius 1 is 1.20 bits per heavy atom. The van der Waals surface area contributed by atoms with Gasteiger partial charge in [-0.2, -0.15) is 0 Å². The second-order valence-electron chi connectivity index (χ2n) is 7.13. The molecule has 1 aromatic heterocycles. The van der Waals surface area contributed by atoms with Gasteiger partial charge in [0.25, 0.3) is 5.91 Å². The van der Waals surface area contributed by atoms with Crippen molar-refractivity contribution in [2.45, 2.75) is 33.3 Å². The normalized spacial score (nSPS) is 15.7. The van der Waals surface area contributed by atoms with Gasteiger partial charge in [-0.25, -0.2) is 4.98 Å². The minimum Gasteiger partial charge on any atom is -0.492 e. The zero-order valence-electron chi connectivity index (χ0n) is 17.1. The number of carbonyl (C=O) groups is 1. The van der Waals surface area contributed by atoms with E-state index in [1.54, 1.807) is 28.4 Å². The Labute approximate surface area is 185 Å². The summed E-state index contributed by atoms with van der Waals surface area (Å²) in [7, 11) is 0. The number of aryl methyl sites for hydroxylation is 2. The number of rotatable bonds is 6. The molecule has 156 valence electrons. The zero-order chi connectivity index (χ0) is 21.3. The van der Waals surface area contributed by atoms with Gasteiger partial charge in [0.05, 0.1) is 22.9 Å². The summed E-state index contributed by atoms with van der Waals surface area (Å²) in [5.74, 6) is 1.38. The maximum atomic E-state index is 13.0. The molecule has 7 heteroatoms. The average Bonchev–Trinajstić information content (AvgIpc) is 3.08. The van der Waals surface area contributed by atoms with E-state index in [1.165, 1.54) is 0 Å². The van der Waals surface area contributed by atoms with Crippen LogP contribution in [0.5, 0.6) is 11.5 Å². The first-order valence-electron chi connectivity index (χ1n) is 9.91. The molecule has 5 nitrogen and oxygen atoms in total. The molecule has 0 spiro atoms. The molecule has 2 aromatic carbocycles. The van der Waals surface area contributed by atoms with Crippen LogP contribution in [0, 0.1) is 13.8 Å². The first-order valence-corrected chi connectivity index (χ1v) is 11.1. The molecule has 0 N–H and O–H groups in total. The molecule has 1 aliphatic heterocycles. The minimum atomic E-state index is -0.484. The van der Waals surface area contributed by atoms with Gasteiger partial charge in [-0.3, -0.25) is 4.79 Å². The van der Waals surface area contributed by atoms with E-state index in [-0.39, 0.29) is 5.91 Å². The number of benzene rings is 2. The zero-order valence-corrected chi connectivity index (χ0v) is 18.7. The largest absolute Gasteiger partial charge is 0.492 e. The summed E-state index contributed by atoms with van der Waals surface area (Å²) < 4.78 is 11.8. The summed E-state index contributed by atoms with van der Waals surface area (Å²) >= 11 is 7.59. The second kappa shape index (κ2) is 8.66. The number of hydrogen-bond acceptors (Lipinski definition) is 5. The maximum absolute atomic E-state index is 13.0. The Kier molecular flexibility index (Phi) is 5.97. The fourth-order valence-corrected chi connectivity index (χ4v) is 4.51. The molecule has 0 radical (unpaired) electrons. The van der Waals surface area contributed by atoms with Crippen LogP contribution in [-0.2, 0) is 4.79 Å². The van der Waals surface area contributed by atoms with Gasteiger partial charge in [0.15, 0.2) is 6.10 Å². The van der Waals surface area contributed by atoms with Gasteiger partial charge in [0.2, 0.25) is 0 Å². The number of thiazole rings is 1. The molecule has 2 heterocycles. The lowest BCUT2D eigenvalue weighted by molar-refractivity contribution is -0.126. The quantitative estimate of drug-likeness (QED) is 0.494. The van der Waals surface area contributed by atoms with Gasteiger partial charge >= 0.3 is 0 Å². The van der Waals surface area contributed by atoms with Crippen molar-refractivity contribution < 1.29 is 14.3 Å². The van der Waals surface area contributed by atoms with E-state index in [1.807, 2.05) is 44.2 Å². The predicted octanol–water partition coefficient (Wildman–Crippen LogP) is 5.66. The van der Waals surface area contributed by atoms with Crippen LogP contribution in [0.4, 0.5) is 5.69 Å². The number of halogens is 1. The predicted molar refractivity (Wildman–Crippen MR) is 121 cm³/mol. The third-order valence-corrected chi connectivity index (χ3v) is 6.14. The van der Waals surface area contributed by atoms with Crippen LogP contribution in [0.1, 0.15) is 23.2 Å². The molecule has 0 saturated carbocycles. The Balaban J connectivity index is 1.60. The molecule has 4 rings (SSSR count). The maximum Gasteiger partial charge on any atom is 0.268 e. The number of carbonyl (C=O) groups excluding carboxylic acids is 1. The van der Waals surface area contributed by atoms with Gasteiger partial charge < -0.3 is 14.4 Å². The molecule has 0 fully saturated rings. The van der Waals surface area contributed by atoms with Crippen LogP contribution in [0.15, 0.2) is 42.5 Å². The van der Waals surface area contributed by atoms with Crippen LogP contribution < -0.4 is 14.4 Å². The van der Waals surface area contributed by atoms with Crippen molar-refractivity contribution in [1.82, 2.24) is 4.98 Å². The van der Waals surface area contributed by atoms with Crippen LogP contribution in [0.25, 0.3) is 11.3 Å². The van der Waals surface area contributed by atoms with Crippen LogP contribution >= 0.6 is 22.9 Å². The Morgan fingerprint density at radius 2 is 1.97 bits per heavy atom. The summed E-state index contributed by atoms with van der Waals surface area (Å²) in [6.07, 6.45) is 0.126. The molecule has 1 amide bonds.